The number of carbonyl (C=O) groups is 1. The van der Waals surface area contributed by atoms with Crippen LogP contribution in [-0.2, 0) is 9.53 Å². The molecule has 24 heavy (non-hydrogen) atoms. The standard InChI is InChI=1S/C17H17NO3S3/c1-2-21-17(20)12(10-19)18-15-9-11(13-5-3-7-22-13)16(24-15)14-6-4-8-23-14/h3-9,12,18-19H,2,10H2,1H3/t12-/m0/s1. The normalized spacial score (nSPS) is 12.1. The monoisotopic (exact) mass is 379 g/mol. The van der Waals surface area contributed by atoms with Gasteiger partial charge in [-0.2, -0.15) is 0 Å². The Balaban J connectivity index is 1.92. The summed E-state index contributed by atoms with van der Waals surface area (Å²) in [5.41, 5.74) is 1.14. The van der Waals surface area contributed by atoms with E-state index in [4.69, 9.17) is 4.74 Å². The Kier molecular flexibility index (Phi) is 5.68. The molecule has 0 aliphatic carbocycles. The molecule has 4 nitrogen and oxygen atoms in total. The molecule has 7 heteroatoms. The van der Waals surface area contributed by atoms with Crippen molar-refractivity contribution in [3.05, 3.63) is 41.1 Å². The van der Waals surface area contributed by atoms with E-state index in [1.54, 1.807) is 40.9 Å². The fraction of sp³-hybridized carbons (Fsp3) is 0.235. The van der Waals surface area contributed by atoms with Crippen molar-refractivity contribution in [2.75, 3.05) is 18.5 Å². The Hall–Kier alpha value is -1.67. The molecule has 0 aliphatic heterocycles. The molecule has 2 N–H and O–H groups in total. The summed E-state index contributed by atoms with van der Waals surface area (Å²) in [6, 6.07) is 9.51. The van der Waals surface area contributed by atoms with Gasteiger partial charge >= 0.3 is 5.97 Å². The summed E-state index contributed by atoms with van der Waals surface area (Å²) >= 11 is 4.95. The number of aliphatic hydroxyl groups is 1. The molecular weight excluding hydrogens is 362 g/mol. The number of ether oxygens (including phenoxy) is 1. The maximum Gasteiger partial charge on any atom is 0.330 e. The molecule has 3 rings (SSSR count). The minimum Gasteiger partial charge on any atom is -0.464 e. The molecule has 0 spiro atoms. The van der Waals surface area contributed by atoms with Crippen molar-refractivity contribution < 1.29 is 14.6 Å². The second kappa shape index (κ2) is 7.94. The molecule has 0 aromatic carbocycles. The van der Waals surface area contributed by atoms with Gasteiger partial charge in [0.05, 0.1) is 23.1 Å². The first-order chi connectivity index (χ1) is 11.7. The van der Waals surface area contributed by atoms with E-state index in [-0.39, 0.29) is 6.61 Å². The number of thiophene rings is 3. The summed E-state index contributed by atoms with van der Waals surface area (Å²) in [6.07, 6.45) is 0. The molecule has 0 unspecified atom stereocenters. The zero-order valence-corrected chi connectivity index (χ0v) is 15.5. The number of anilines is 1. The van der Waals surface area contributed by atoms with E-state index in [0.717, 1.165) is 15.4 Å². The predicted molar refractivity (Wildman–Crippen MR) is 102 cm³/mol. The topological polar surface area (TPSA) is 58.6 Å². The molecule has 0 saturated heterocycles. The smallest absolute Gasteiger partial charge is 0.330 e. The zero-order chi connectivity index (χ0) is 16.9. The van der Waals surface area contributed by atoms with Crippen LogP contribution >= 0.6 is 34.0 Å². The van der Waals surface area contributed by atoms with Crippen LogP contribution in [0.1, 0.15) is 6.92 Å². The summed E-state index contributed by atoms with van der Waals surface area (Å²) in [4.78, 5) is 15.4. The molecule has 3 aromatic heterocycles. The van der Waals surface area contributed by atoms with Gasteiger partial charge < -0.3 is 15.2 Å². The first-order valence-electron chi connectivity index (χ1n) is 7.48. The summed E-state index contributed by atoms with van der Waals surface area (Å²) in [7, 11) is 0. The Bertz CT molecular complexity index is 726. The number of esters is 1. The van der Waals surface area contributed by atoms with Gasteiger partial charge in [0.1, 0.15) is 6.04 Å². The van der Waals surface area contributed by atoms with Gasteiger partial charge in [-0.15, -0.1) is 34.0 Å². The Morgan fingerprint density at radius 3 is 2.54 bits per heavy atom. The van der Waals surface area contributed by atoms with Crippen molar-refractivity contribution in [3.8, 4) is 20.2 Å². The van der Waals surface area contributed by atoms with Crippen LogP contribution in [-0.4, -0.2) is 30.3 Å². The van der Waals surface area contributed by atoms with Crippen LogP contribution in [0.3, 0.4) is 0 Å². The number of hydrogen-bond donors (Lipinski definition) is 2. The maximum absolute atomic E-state index is 11.9. The lowest BCUT2D eigenvalue weighted by molar-refractivity contribution is -0.144. The van der Waals surface area contributed by atoms with Crippen LogP contribution in [0.2, 0.25) is 0 Å². The summed E-state index contributed by atoms with van der Waals surface area (Å²) in [5.74, 6) is -0.441. The van der Waals surface area contributed by atoms with Gasteiger partial charge in [-0.3, -0.25) is 0 Å². The van der Waals surface area contributed by atoms with E-state index < -0.39 is 12.0 Å². The van der Waals surface area contributed by atoms with Crippen LogP contribution in [0.15, 0.2) is 41.1 Å². The molecular formula is C17H17NO3S3. The number of aliphatic hydroxyl groups excluding tert-OH is 1. The van der Waals surface area contributed by atoms with E-state index in [0.29, 0.717) is 6.61 Å². The van der Waals surface area contributed by atoms with Gasteiger partial charge in [-0.05, 0) is 35.9 Å². The van der Waals surface area contributed by atoms with E-state index in [2.05, 4.69) is 22.8 Å². The van der Waals surface area contributed by atoms with Crippen LogP contribution in [0.25, 0.3) is 20.2 Å². The minimum atomic E-state index is -0.754. The van der Waals surface area contributed by atoms with Gasteiger partial charge in [-0.25, -0.2) is 4.79 Å². The third-order valence-electron chi connectivity index (χ3n) is 3.33. The van der Waals surface area contributed by atoms with Crippen LogP contribution in [0.5, 0.6) is 0 Å². The molecule has 0 saturated carbocycles. The highest BCUT2D eigenvalue weighted by atomic mass is 32.1. The molecule has 0 fully saturated rings. The molecule has 0 aliphatic rings. The van der Waals surface area contributed by atoms with E-state index in [9.17, 15) is 9.90 Å². The van der Waals surface area contributed by atoms with Crippen LogP contribution in [0, 0.1) is 0 Å². The third-order valence-corrected chi connectivity index (χ3v) is 6.35. The summed E-state index contributed by atoms with van der Waals surface area (Å²) < 4.78 is 5.00. The molecule has 3 heterocycles. The molecule has 0 radical (unpaired) electrons. The van der Waals surface area contributed by atoms with E-state index in [1.165, 1.54) is 9.75 Å². The summed E-state index contributed by atoms with van der Waals surface area (Å²) in [6.45, 7) is 1.74. The lowest BCUT2D eigenvalue weighted by Crippen LogP contribution is -2.34. The van der Waals surface area contributed by atoms with Gasteiger partial charge in [0.15, 0.2) is 0 Å². The van der Waals surface area contributed by atoms with Crippen LogP contribution in [0.4, 0.5) is 5.00 Å². The maximum atomic E-state index is 11.9. The molecule has 0 amide bonds. The molecule has 126 valence electrons. The first-order valence-corrected chi connectivity index (χ1v) is 10.1. The lowest BCUT2D eigenvalue weighted by atomic mass is 10.2. The average Bonchev–Trinajstić information content (AvgIpc) is 3.32. The highest BCUT2D eigenvalue weighted by molar-refractivity contribution is 7.24. The highest BCUT2D eigenvalue weighted by Gasteiger charge is 2.21. The van der Waals surface area contributed by atoms with Crippen molar-refractivity contribution in [3.63, 3.8) is 0 Å². The third kappa shape index (κ3) is 3.70. The molecule has 0 bridgehead atoms. The largest absolute Gasteiger partial charge is 0.464 e. The predicted octanol–water partition coefficient (Wildman–Crippen LogP) is 4.54. The fourth-order valence-electron chi connectivity index (χ4n) is 2.26. The Morgan fingerprint density at radius 2 is 1.96 bits per heavy atom. The number of hydrogen-bond acceptors (Lipinski definition) is 7. The van der Waals surface area contributed by atoms with Gasteiger partial charge in [-0.1, -0.05) is 12.1 Å². The second-order valence-electron chi connectivity index (χ2n) is 4.94. The number of nitrogens with one attached hydrogen (secondary N) is 1. The average molecular weight is 380 g/mol. The number of carbonyl (C=O) groups excluding carboxylic acids is 1. The minimum absolute atomic E-state index is 0.294. The molecule has 3 aromatic rings. The highest BCUT2D eigenvalue weighted by Crippen LogP contribution is 2.44. The van der Waals surface area contributed by atoms with Gasteiger partial charge in [0.25, 0.3) is 0 Å². The van der Waals surface area contributed by atoms with E-state index >= 15 is 0 Å². The van der Waals surface area contributed by atoms with Crippen molar-refractivity contribution in [1.82, 2.24) is 0 Å². The van der Waals surface area contributed by atoms with Crippen molar-refractivity contribution in [2.45, 2.75) is 13.0 Å². The van der Waals surface area contributed by atoms with Crippen molar-refractivity contribution in [2.24, 2.45) is 0 Å². The quantitative estimate of drug-likeness (QED) is 0.592. The lowest BCUT2D eigenvalue weighted by Gasteiger charge is -2.14. The van der Waals surface area contributed by atoms with Crippen LogP contribution < -0.4 is 5.32 Å². The summed E-state index contributed by atoms with van der Waals surface area (Å²) in [5, 5.41) is 17.5. The second-order valence-corrected chi connectivity index (χ2v) is 7.89. The Morgan fingerprint density at radius 1 is 1.25 bits per heavy atom. The fourth-order valence-corrected chi connectivity index (χ4v) is 5.07. The Labute approximate surface area is 152 Å². The first kappa shape index (κ1) is 17.2. The zero-order valence-electron chi connectivity index (χ0n) is 13.0. The SMILES string of the molecule is CCOC(=O)[C@H](CO)Nc1cc(-c2cccs2)c(-c2cccs2)s1. The van der Waals surface area contributed by atoms with Gasteiger partial charge in [0, 0.05) is 15.3 Å². The van der Waals surface area contributed by atoms with Crippen molar-refractivity contribution >= 4 is 45.0 Å². The molecule has 1 atom stereocenters. The number of rotatable bonds is 7. The van der Waals surface area contributed by atoms with Gasteiger partial charge in [0.2, 0.25) is 0 Å². The van der Waals surface area contributed by atoms with Crippen molar-refractivity contribution in [1.29, 1.82) is 0 Å². The van der Waals surface area contributed by atoms with E-state index in [1.807, 2.05) is 23.6 Å².